The number of nitrogens with two attached hydrogens (primary N) is 3. The molecule has 0 spiro atoms. The number of nitrogens with zero attached hydrogens (tertiary/aromatic N) is 2. The highest BCUT2D eigenvalue weighted by molar-refractivity contribution is 7.12. The molecule has 8 nitrogen and oxygen atoms in total. The first-order valence-corrected chi connectivity index (χ1v) is 9.33. The molecule has 0 aromatic carbocycles. The molecule has 0 unspecified atom stereocenters. The van der Waals surface area contributed by atoms with Gasteiger partial charge in [-0.2, -0.15) is 0 Å². The van der Waals surface area contributed by atoms with Crippen molar-refractivity contribution in [1.82, 2.24) is 4.90 Å². The second-order valence-electron chi connectivity index (χ2n) is 6.38. The summed E-state index contributed by atoms with van der Waals surface area (Å²) in [6.07, 6.45) is 1.73. The number of carbonyl (C=O) groups is 3. The summed E-state index contributed by atoms with van der Waals surface area (Å²) in [6.45, 7) is 4.18. The maximum Gasteiger partial charge on any atom is 0.271 e. The average Bonchev–Trinajstić information content (AvgIpc) is 3.10. The fraction of sp³-hybridized carbons (Fsp3) is 0.529. The van der Waals surface area contributed by atoms with Crippen LogP contribution in [0.2, 0.25) is 0 Å². The highest BCUT2D eigenvalue weighted by Crippen LogP contribution is 2.18. The van der Waals surface area contributed by atoms with Crippen LogP contribution in [0.3, 0.4) is 0 Å². The third kappa shape index (κ3) is 6.57. The van der Waals surface area contributed by atoms with Gasteiger partial charge >= 0.3 is 0 Å². The van der Waals surface area contributed by atoms with Gasteiger partial charge in [0, 0.05) is 6.54 Å². The number of rotatable bonds is 10. The van der Waals surface area contributed by atoms with Gasteiger partial charge in [0.1, 0.15) is 6.29 Å². The number of aliphatic imine (C=N–C) groups is 1. The van der Waals surface area contributed by atoms with Gasteiger partial charge < -0.3 is 22.0 Å². The Morgan fingerprint density at radius 1 is 1.35 bits per heavy atom. The van der Waals surface area contributed by atoms with Crippen LogP contribution in [0.25, 0.3) is 0 Å². The van der Waals surface area contributed by atoms with Crippen molar-refractivity contribution in [2.24, 2.45) is 28.1 Å². The van der Waals surface area contributed by atoms with E-state index in [9.17, 15) is 14.4 Å². The smallest absolute Gasteiger partial charge is 0.271 e. The molecule has 0 saturated heterocycles. The highest BCUT2D eigenvalue weighted by atomic mass is 32.1. The molecule has 0 fully saturated rings. The van der Waals surface area contributed by atoms with E-state index in [1.54, 1.807) is 17.5 Å². The van der Waals surface area contributed by atoms with Crippen molar-refractivity contribution < 1.29 is 14.4 Å². The molecule has 9 heteroatoms. The van der Waals surface area contributed by atoms with Gasteiger partial charge in [-0.25, -0.2) is 0 Å². The van der Waals surface area contributed by atoms with Crippen LogP contribution < -0.4 is 17.2 Å². The number of hydrogen-bond donors (Lipinski definition) is 3. The third-order valence-corrected chi connectivity index (χ3v) is 4.53. The van der Waals surface area contributed by atoms with E-state index in [0.29, 0.717) is 30.5 Å². The van der Waals surface area contributed by atoms with Crippen molar-refractivity contribution in [2.75, 3.05) is 6.54 Å². The van der Waals surface area contributed by atoms with Crippen molar-refractivity contribution in [3.8, 4) is 0 Å². The number of amides is 2. The molecule has 0 aliphatic carbocycles. The maximum absolute atomic E-state index is 12.8. The minimum absolute atomic E-state index is 0.0470. The van der Waals surface area contributed by atoms with Crippen LogP contribution in [-0.4, -0.2) is 47.6 Å². The fourth-order valence-electron chi connectivity index (χ4n) is 2.49. The van der Waals surface area contributed by atoms with Crippen LogP contribution in [-0.2, 0) is 9.59 Å². The molecule has 6 N–H and O–H groups in total. The van der Waals surface area contributed by atoms with Crippen LogP contribution in [0.1, 0.15) is 42.8 Å². The molecular weight excluding hydrogens is 354 g/mol. The first-order valence-electron chi connectivity index (χ1n) is 8.45. The predicted octanol–water partition coefficient (Wildman–Crippen LogP) is 0.711. The largest absolute Gasteiger partial charge is 0.370 e. The van der Waals surface area contributed by atoms with Gasteiger partial charge in [0.05, 0.1) is 17.0 Å². The van der Waals surface area contributed by atoms with E-state index >= 15 is 0 Å². The Morgan fingerprint density at radius 3 is 2.54 bits per heavy atom. The number of imide groups is 1. The first kappa shape index (κ1) is 21.8. The number of guanidine groups is 1. The fourth-order valence-corrected chi connectivity index (χ4v) is 3.15. The van der Waals surface area contributed by atoms with Crippen molar-refractivity contribution in [3.63, 3.8) is 0 Å². The Morgan fingerprint density at radius 2 is 2.04 bits per heavy atom. The summed E-state index contributed by atoms with van der Waals surface area (Å²) < 4.78 is 0. The SMILES string of the molecule is CC(C)C[C@H](N)C(=O)N(C(=O)c1cccs1)[C@H](C=O)CCCN=C(N)N. The summed E-state index contributed by atoms with van der Waals surface area (Å²) in [6, 6.07) is 1.56. The Hall–Kier alpha value is -2.26. The zero-order chi connectivity index (χ0) is 19.7. The van der Waals surface area contributed by atoms with E-state index in [1.807, 2.05) is 13.8 Å². The van der Waals surface area contributed by atoms with Crippen LogP contribution in [0.5, 0.6) is 0 Å². The summed E-state index contributed by atoms with van der Waals surface area (Å²) >= 11 is 1.21. The van der Waals surface area contributed by atoms with Gasteiger partial charge in [-0.05, 0) is 36.6 Å². The lowest BCUT2D eigenvalue weighted by Crippen LogP contribution is -2.52. The van der Waals surface area contributed by atoms with Gasteiger partial charge in [0.15, 0.2) is 5.96 Å². The van der Waals surface area contributed by atoms with Crippen LogP contribution in [0.4, 0.5) is 0 Å². The summed E-state index contributed by atoms with van der Waals surface area (Å²) in [5.41, 5.74) is 16.5. The molecule has 2 atom stereocenters. The van der Waals surface area contributed by atoms with Crippen molar-refractivity contribution in [1.29, 1.82) is 0 Å². The van der Waals surface area contributed by atoms with E-state index in [-0.39, 0.29) is 18.3 Å². The molecule has 0 saturated carbocycles. The van der Waals surface area contributed by atoms with E-state index in [2.05, 4.69) is 4.99 Å². The maximum atomic E-state index is 12.8. The molecule has 1 heterocycles. The Bertz CT molecular complexity index is 626. The quantitative estimate of drug-likeness (QED) is 0.235. The first-order chi connectivity index (χ1) is 12.3. The van der Waals surface area contributed by atoms with Crippen molar-refractivity contribution in [3.05, 3.63) is 22.4 Å². The second-order valence-corrected chi connectivity index (χ2v) is 7.33. The van der Waals surface area contributed by atoms with Gasteiger partial charge in [-0.3, -0.25) is 19.5 Å². The lowest BCUT2D eigenvalue weighted by atomic mass is 10.0. The van der Waals surface area contributed by atoms with Crippen LogP contribution >= 0.6 is 11.3 Å². The molecule has 1 aromatic rings. The normalized spacial score (nSPS) is 13.1. The zero-order valence-electron chi connectivity index (χ0n) is 15.1. The molecule has 26 heavy (non-hydrogen) atoms. The molecule has 144 valence electrons. The minimum atomic E-state index is -0.912. The monoisotopic (exact) mass is 381 g/mol. The molecule has 0 radical (unpaired) electrons. The van der Waals surface area contributed by atoms with Crippen LogP contribution in [0.15, 0.2) is 22.5 Å². The third-order valence-electron chi connectivity index (χ3n) is 3.67. The summed E-state index contributed by atoms with van der Waals surface area (Å²) in [7, 11) is 0. The Kier molecular flexibility index (Phi) is 8.94. The Labute approximate surface area is 157 Å². The summed E-state index contributed by atoms with van der Waals surface area (Å²) in [5, 5.41) is 1.73. The van der Waals surface area contributed by atoms with E-state index in [1.165, 1.54) is 11.3 Å². The van der Waals surface area contributed by atoms with Gasteiger partial charge in [0.2, 0.25) is 5.91 Å². The Balaban J connectivity index is 3.00. The predicted molar refractivity (Wildman–Crippen MR) is 103 cm³/mol. The molecule has 0 bridgehead atoms. The van der Waals surface area contributed by atoms with E-state index in [4.69, 9.17) is 17.2 Å². The standard InChI is InChI=1S/C17H27N5O3S/c1-11(2)9-13(18)15(24)22(16(25)14-6-4-8-26-14)12(10-23)5-3-7-21-17(19)20/h4,6,8,10-13H,3,5,7,9,18H2,1-2H3,(H4,19,20,21)/t12-,13-/m0/s1. The van der Waals surface area contributed by atoms with Gasteiger partial charge in [-0.15, -0.1) is 11.3 Å². The molecular formula is C17H27N5O3S. The number of aldehydes is 1. The van der Waals surface area contributed by atoms with Crippen molar-refractivity contribution in [2.45, 2.75) is 45.2 Å². The number of thiophene rings is 1. The summed E-state index contributed by atoms with van der Waals surface area (Å²) in [5.74, 6) is -0.919. The summed E-state index contributed by atoms with van der Waals surface area (Å²) in [4.78, 5) is 42.5. The topological polar surface area (TPSA) is 145 Å². The van der Waals surface area contributed by atoms with Gasteiger partial charge in [0.25, 0.3) is 5.91 Å². The molecule has 1 aromatic heterocycles. The number of hydrogen-bond acceptors (Lipinski definition) is 6. The van der Waals surface area contributed by atoms with E-state index in [0.717, 1.165) is 4.90 Å². The molecule has 0 aliphatic heterocycles. The lowest BCUT2D eigenvalue weighted by molar-refractivity contribution is -0.135. The molecule has 0 aliphatic rings. The minimum Gasteiger partial charge on any atom is -0.370 e. The van der Waals surface area contributed by atoms with Gasteiger partial charge in [-0.1, -0.05) is 19.9 Å². The lowest BCUT2D eigenvalue weighted by Gasteiger charge is -2.29. The molecule has 1 rings (SSSR count). The number of carbonyl (C=O) groups excluding carboxylic acids is 3. The van der Waals surface area contributed by atoms with Crippen molar-refractivity contribution >= 4 is 35.4 Å². The second kappa shape index (κ2) is 10.7. The van der Waals surface area contributed by atoms with E-state index < -0.39 is 23.9 Å². The zero-order valence-corrected chi connectivity index (χ0v) is 15.9. The highest BCUT2D eigenvalue weighted by Gasteiger charge is 2.33. The average molecular weight is 382 g/mol. The molecule has 2 amide bonds. The van der Waals surface area contributed by atoms with Crippen LogP contribution in [0, 0.1) is 5.92 Å².